The van der Waals surface area contributed by atoms with Gasteiger partial charge in [-0.1, -0.05) is 18.2 Å². The van der Waals surface area contributed by atoms with Crippen LogP contribution in [-0.2, 0) is 0 Å². The largest absolute Gasteiger partial charge is 0.405 e. The molecule has 0 spiro atoms. The maximum absolute atomic E-state index is 12.6. The van der Waals surface area contributed by atoms with Crippen LogP contribution in [0.5, 0.6) is 0 Å². The molecular weight excluding hydrogens is 392 g/mol. The summed E-state index contributed by atoms with van der Waals surface area (Å²) in [4.78, 5) is 29.0. The Morgan fingerprint density at radius 2 is 1.90 bits per heavy atom. The second-order valence-corrected chi connectivity index (χ2v) is 6.77. The summed E-state index contributed by atoms with van der Waals surface area (Å²) in [6.07, 6.45) is 6.06. The van der Waals surface area contributed by atoms with Crippen molar-refractivity contribution in [1.29, 1.82) is 0 Å². The molecule has 2 heterocycles. The second-order valence-electron chi connectivity index (χ2n) is 6.77. The molecule has 0 saturated heterocycles. The van der Waals surface area contributed by atoms with Gasteiger partial charge >= 0.3 is 0 Å². The summed E-state index contributed by atoms with van der Waals surface area (Å²) in [6.45, 7) is 1.91. The third kappa shape index (κ3) is 4.13. The molecule has 0 aliphatic heterocycles. The molecule has 0 saturated carbocycles. The van der Waals surface area contributed by atoms with Gasteiger partial charge in [-0.25, -0.2) is 14.4 Å². The quantitative estimate of drug-likeness (QED) is 0.491. The highest BCUT2D eigenvalue weighted by atomic mass is 16.1. The minimum Gasteiger partial charge on any atom is -0.405 e. The van der Waals surface area contributed by atoms with Crippen LogP contribution >= 0.6 is 0 Å². The first-order valence-corrected chi connectivity index (χ1v) is 9.57. The third-order valence-corrected chi connectivity index (χ3v) is 4.65. The van der Waals surface area contributed by atoms with Crippen molar-refractivity contribution in [3.63, 3.8) is 0 Å². The zero-order valence-electron chi connectivity index (χ0n) is 16.8. The summed E-state index contributed by atoms with van der Waals surface area (Å²) in [5.74, 6) is 0. The topological polar surface area (TPSA) is 111 Å². The van der Waals surface area contributed by atoms with Crippen LogP contribution in [0.25, 0.3) is 11.4 Å². The molecule has 8 heteroatoms. The number of rotatable bonds is 5. The lowest BCUT2D eigenvalue weighted by atomic mass is 10.1. The summed E-state index contributed by atoms with van der Waals surface area (Å²) in [7, 11) is 0. The van der Waals surface area contributed by atoms with Gasteiger partial charge in [0, 0.05) is 24.5 Å². The second kappa shape index (κ2) is 8.50. The number of aryl methyl sites for hydroxylation is 1. The minimum atomic E-state index is -0.267. The zero-order chi connectivity index (χ0) is 21.8. The fourth-order valence-corrected chi connectivity index (χ4v) is 3.18. The Kier molecular flexibility index (Phi) is 5.44. The maximum atomic E-state index is 12.6. The summed E-state index contributed by atoms with van der Waals surface area (Å²) in [6, 6.07) is 17.7. The van der Waals surface area contributed by atoms with E-state index in [1.165, 1.54) is 23.0 Å². The number of hydrogen-bond acceptors (Lipinski definition) is 5. The maximum Gasteiger partial charge on any atom is 0.271 e. The molecule has 0 radical (unpaired) electrons. The van der Waals surface area contributed by atoms with Crippen LogP contribution < -0.4 is 16.7 Å². The van der Waals surface area contributed by atoms with Crippen LogP contribution in [0.4, 0.5) is 5.69 Å². The van der Waals surface area contributed by atoms with Crippen molar-refractivity contribution in [2.75, 3.05) is 0 Å². The van der Waals surface area contributed by atoms with Gasteiger partial charge in [-0.2, -0.15) is 5.10 Å². The zero-order valence-corrected chi connectivity index (χ0v) is 16.8. The molecule has 0 aliphatic rings. The van der Waals surface area contributed by atoms with E-state index in [0.29, 0.717) is 17.1 Å². The number of para-hydroxylation sites is 1. The van der Waals surface area contributed by atoms with Crippen LogP contribution in [0.2, 0.25) is 0 Å². The van der Waals surface area contributed by atoms with Crippen LogP contribution in [-0.4, -0.2) is 25.3 Å². The molecule has 2 aromatic carbocycles. The van der Waals surface area contributed by atoms with Gasteiger partial charge in [0.05, 0.1) is 22.8 Å². The molecule has 0 unspecified atom stereocenters. The average Bonchev–Trinajstić information content (AvgIpc) is 3.20. The monoisotopic (exact) mass is 412 g/mol. The molecular formula is C23H20N6O2. The van der Waals surface area contributed by atoms with Crippen molar-refractivity contribution in [2.45, 2.75) is 6.92 Å². The van der Waals surface area contributed by atoms with Crippen molar-refractivity contribution >= 4 is 11.4 Å². The van der Waals surface area contributed by atoms with Crippen LogP contribution in [0.3, 0.4) is 0 Å². The predicted octanol–water partition coefficient (Wildman–Crippen LogP) is 2.61. The predicted molar refractivity (Wildman–Crippen MR) is 120 cm³/mol. The molecule has 0 amide bonds. The van der Waals surface area contributed by atoms with Gasteiger partial charge in [-0.05, 0) is 55.1 Å². The highest BCUT2D eigenvalue weighted by Crippen LogP contribution is 2.17. The highest BCUT2D eigenvalue weighted by molar-refractivity contribution is 6.08. The number of aromatic amines is 1. The number of benzene rings is 2. The number of hydrogen-bond donors (Lipinski definition) is 2. The standard InChI is InChI=1S/C23H20N6O2/c1-16-15-18(29-22(31)10-13-25-29)7-8-20(16)28-14-11-21(30)23(27-28)19(9-12-24)26-17-5-3-2-4-6-17/h2-15,25H,24H2,1H3. The third-order valence-electron chi connectivity index (χ3n) is 4.65. The number of allylic oxidation sites excluding steroid dienone is 1. The molecule has 4 aromatic rings. The summed E-state index contributed by atoms with van der Waals surface area (Å²) < 4.78 is 3.05. The fourth-order valence-electron chi connectivity index (χ4n) is 3.18. The number of nitrogens with zero attached hydrogens (tertiary/aromatic N) is 4. The van der Waals surface area contributed by atoms with Crippen molar-refractivity contribution in [1.82, 2.24) is 19.6 Å². The van der Waals surface area contributed by atoms with Gasteiger partial charge in [-0.3, -0.25) is 14.7 Å². The number of aromatic nitrogens is 4. The Bertz CT molecular complexity index is 1390. The molecule has 3 N–H and O–H groups in total. The van der Waals surface area contributed by atoms with Gasteiger partial charge in [-0.15, -0.1) is 0 Å². The van der Waals surface area contributed by atoms with Gasteiger partial charge < -0.3 is 5.73 Å². The molecule has 0 fully saturated rings. The van der Waals surface area contributed by atoms with E-state index in [1.54, 1.807) is 29.2 Å². The normalized spacial score (nSPS) is 11.8. The van der Waals surface area contributed by atoms with Crippen LogP contribution in [0.15, 0.2) is 99.9 Å². The number of aliphatic imine (C=N–C) groups is 1. The Hall–Kier alpha value is -4.46. The summed E-state index contributed by atoms with van der Waals surface area (Å²) >= 11 is 0. The molecule has 2 aromatic heterocycles. The average molecular weight is 412 g/mol. The molecule has 154 valence electrons. The van der Waals surface area contributed by atoms with E-state index >= 15 is 0 Å². The molecule has 31 heavy (non-hydrogen) atoms. The van der Waals surface area contributed by atoms with E-state index in [1.807, 2.05) is 49.4 Å². The van der Waals surface area contributed by atoms with Gasteiger partial charge in [0.15, 0.2) is 5.69 Å². The number of H-pyrrole nitrogens is 1. The smallest absolute Gasteiger partial charge is 0.271 e. The van der Waals surface area contributed by atoms with E-state index in [4.69, 9.17) is 5.73 Å². The van der Waals surface area contributed by atoms with Gasteiger partial charge in [0.2, 0.25) is 5.43 Å². The van der Waals surface area contributed by atoms with Gasteiger partial charge in [0.1, 0.15) is 0 Å². The first kappa shape index (κ1) is 19.8. The Morgan fingerprint density at radius 1 is 1.10 bits per heavy atom. The lowest BCUT2D eigenvalue weighted by Crippen LogP contribution is -2.21. The Morgan fingerprint density at radius 3 is 2.58 bits per heavy atom. The van der Waals surface area contributed by atoms with Gasteiger partial charge in [0.25, 0.3) is 5.56 Å². The Labute approximate surface area is 177 Å². The molecule has 0 atom stereocenters. The number of nitrogens with one attached hydrogen (secondary N) is 1. The molecule has 4 rings (SSSR count). The van der Waals surface area contributed by atoms with Crippen molar-refractivity contribution in [3.05, 3.63) is 117 Å². The summed E-state index contributed by atoms with van der Waals surface area (Å²) in [5.41, 5.74) is 8.74. The van der Waals surface area contributed by atoms with Crippen molar-refractivity contribution in [3.8, 4) is 11.4 Å². The van der Waals surface area contributed by atoms with E-state index in [9.17, 15) is 9.59 Å². The lowest BCUT2D eigenvalue weighted by molar-refractivity contribution is 0.815. The first-order valence-electron chi connectivity index (χ1n) is 9.57. The van der Waals surface area contributed by atoms with E-state index < -0.39 is 0 Å². The Balaban J connectivity index is 1.79. The van der Waals surface area contributed by atoms with Crippen molar-refractivity contribution in [2.24, 2.45) is 10.7 Å². The van der Waals surface area contributed by atoms with E-state index in [0.717, 1.165) is 11.3 Å². The highest BCUT2D eigenvalue weighted by Gasteiger charge is 2.12. The minimum absolute atomic E-state index is 0.147. The van der Waals surface area contributed by atoms with Crippen LogP contribution in [0.1, 0.15) is 11.3 Å². The lowest BCUT2D eigenvalue weighted by Gasteiger charge is -2.12. The van der Waals surface area contributed by atoms with E-state index in [2.05, 4.69) is 15.2 Å². The van der Waals surface area contributed by atoms with Crippen molar-refractivity contribution < 1.29 is 0 Å². The molecule has 8 nitrogen and oxygen atoms in total. The van der Waals surface area contributed by atoms with E-state index in [-0.39, 0.29) is 16.7 Å². The SMILES string of the molecule is Cc1cc(-n2[nH]ccc2=O)ccc1-n1ccc(=O)c(C(C=CN)=Nc2ccccc2)n1. The number of nitrogens with two attached hydrogens (primary N) is 1. The van der Waals surface area contributed by atoms with Crippen LogP contribution in [0, 0.1) is 6.92 Å². The molecule has 0 aliphatic carbocycles. The molecule has 0 bridgehead atoms. The summed E-state index contributed by atoms with van der Waals surface area (Å²) in [5, 5.41) is 7.40. The fraction of sp³-hybridized carbons (Fsp3) is 0.0435. The first-order chi connectivity index (χ1) is 15.1.